The molecular formula is C33H63O9P. The predicted octanol–water partition coefficient (Wildman–Crippen LogP) is 7.97. The summed E-state index contributed by atoms with van der Waals surface area (Å²) in [4.78, 5) is 22.2. The zero-order chi connectivity index (χ0) is 31.9. The van der Waals surface area contributed by atoms with Gasteiger partial charge in [-0.15, -0.1) is 0 Å². The largest absolute Gasteiger partial charge is 0.472 e. The number of aliphatic hydroxyl groups is 2. The third kappa shape index (κ3) is 30.7. The standard InChI is InChI=1S/C33H63O9P/c1-3-5-7-9-11-12-13-14-15-16-17-18-20-22-24-26-39-29-32(30-41-43(37,38)40-28-31(35)27-34)42-33(36)25-23-21-19-10-8-6-4-2/h9,11,13-14,31-32,34-35H,3-8,10,12,15-30H2,1-2H3,(H,37,38)/b11-9-,14-13-. The molecule has 0 fully saturated rings. The van der Waals surface area contributed by atoms with Crippen molar-refractivity contribution in [3.8, 4) is 0 Å². The first-order valence-electron chi connectivity index (χ1n) is 16.8. The van der Waals surface area contributed by atoms with Gasteiger partial charge in [0.2, 0.25) is 0 Å². The Labute approximate surface area is 262 Å². The lowest BCUT2D eigenvalue weighted by Gasteiger charge is -2.20. The maximum Gasteiger partial charge on any atom is 0.472 e. The fraction of sp³-hybridized carbons (Fsp3) is 0.848. The van der Waals surface area contributed by atoms with Crippen molar-refractivity contribution in [2.45, 2.75) is 148 Å². The number of aliphatic hydroxyl groups excluding tert-OH is 2. The van der Waals surface area contributed by atoms with E-state index in [2.05, 4.69) is 42.7 Å². The van der Waals surface area contributed by atoms with E-state index in [4.69, 9.17) is 19.1 Å². The number of allylic oxidation sites excluding steroid dienone is 4. The van der Waals surface area contributed by atoms with E-state index in [1.807, 2.05) is 0 Å². The van der Waals surface area contributed by atoms with Crippen molar-refractivity contribution in [3.05, 3.63) is 24.3 Å². The highest BCUT2D eigenvalue weighted by molar-refractivity contribution is 7.47. The molecule has 0 aliphatic heterocycles. The van der Waals surface area contributed by atoms with Crippen molar-refractivity contribution >= 4 is 13.8 Å². The van der Waals surface area contributed by atoms with E-state index in [1.54, 1.807) is 0 Å². The smallest absolute Gasteiger partial charge is 0.457 e. The van der Waals surface area contributed by atoms with Crippen molar-refractivity contribution in [1.29, 1.82) is 0 Å². The SMILES string of the molecule is CCCC/C=C\C/C=C\CCCCCCCCOCC(COP(=O)(O)OCC(O)CO)OC(=O)CCCCCCCCC. The molecule has 0 amide bonds. The van der Waals surface area contributed by atoms with E-state index in [9.17, 15) is 19.4 Å². The Morgan fingerprint density at radius 1 is 0.721 bits per heavy atom. The highest BCUT2D eigenvalue weighted by Gasteiger charge is 2.26. The molecule has 0 rings (SSSR count). The molecule has 254 valence electrons. The molecule has 0 aliphatic carbocycles. The van der Waals surface area contributed by atoms with Crippen molar-refractivity contribution in [2.75, 3.05) is 33.0 Å². The van der Waals surface area contributed by atoms with E-state index in [-0.39, 0.29) is 19.6 Å². The highest BCUT2D eigenvalue weighted by atomic mass is 31.2. The van der Waals surface area contributed by atoms with Gasteiger partial charge >= 0.3 is 13.8 Å². The molecule has 0 saturated heterocycles. The number of carbonyl (C=O) groups excluding carboxylic acids is 1. The molecule has 0 aromatic heterocycles. The molecule has 3 unspecified atom stereocenters. The molecule has 0 aromatic carbocycles. The van der Waals surface area contributed by atoms with Gasteiger partial charge in [0.25, 0.3) is 0 Å². The van der Waals surface area contributed by atoms with Crippen LogP contribution in [0.2, 0.25) is 0 Å². The van der Waals surface area contributed by atoms with Gasteiger partial charge in [-0.05, 0) is 38.5 Å². The summed E-state index contributed by atoms with van der Waals surface area (Å²) in [6.45, 7) is 3.38. The van der Waals surface area contributed by atoms with Crippen LogP contribution in [0.25, 0.3) is 0 Å². The minimum absolute atomic E-state index is 0.0438. The Morgan fingerprint density at radius 3 is 1.93 bits per heavy atom. The lowest BCUT2D eigenvalue weighted by Crippen LogP contribution is -2.29. The van der Waals surface area contributed by atoms with Gasteiger partial charge in [-0.1, -0.05) is 115 Å². The molecule has 3 atom stereocenters. The second-order valence-corrected chi connectivity index (χ2v) is 12.6. The average molecular weight is 635 g/mol. The number of hydrogen-bond donors (Lipinski definition) is 3. The number of ether oxygens (including phenoxy) is 2. The fourth-order valence-electron chi connectivity index (χ4n) is 4.25. The summed E-state index contributed by atoms with van der Waals surface area (Å²) in [5, 5.41) is 18.2. The number of phosphoric acid groups is 1. The van der Waals surface area contributed by atoms with Crippen molar-refractivity contribution in [1.82, 2.24) is 0 Å². The van der Waals surface area contributed by atoms with Crippen LogP contribution in [0.4, 0.5) is 0 Å². The molecule has 0 spiro atoms. The fourth-order valence-corrected chi connectivity index (χ4v) is 5.04. The van der Waals surface area contributed by atoms with Gasteiger partial charge in [-0.3, -0.25) is 13.8 Å². The van der Waals surface area contributed by atoms with Crippen LogP contribution in [0, 0.1) is 0 Å². The van der Waals surface area contributed by atoms with Gasteiger partial charge in [-0.2, -0.15) is 0 Å². The van der Waals surface area contributed by atoms with Crippen molar-refractivity contribution in [2.24, 2.45) is 0 Å². The number of rotatable bonds is 32. The van der Waals surface area contributed by atoms with Crippen molar-refractivity contribution < 1.29 is 43.0 Å². The summed E-state index contributed by atoms with van der Waals surface area (Å²) in [5.74, 6) is -0.395. The molecule has 10 heteroatoms. The Hall–Kier alpha value is -1.06. The number of carbonyl (C=O) groups is 1. The zero-order valence-electron chi connectivity index (χ0n) is 27.2. The summed E-state index contributed by atoms with van der Waals surface area (Å²) in [6, 6.07) is 0. The number of unbranched alkanes of at least 4 members (excludes halogenated alkanes) is 14. The zero-order valence-corrected chi connectivity index (χ0v) is 28.1. The van der Waals surface area contributed by atoms with Crippen molar-refractivity contribution in [3.63, 3.8) is 0 Å². The van der Waals surface area contributed by atoms with Crippen LogP contribution in [0.15, 0.2) is 24.3 Å². The minimum Gasteiger partial charge on any atom is -0.457 e. The van der Waals surface area contributed by atoms with Gasteiger partial charge in [0, 0.05) is 13.0 Å². The molecule has 0 aliphatic rings. The Bertz CT molecular complexity index is 729. The number of esters is 1. The quantitative estimate of drug-likeness (QED) is 0.0292. The summed E-state index contributed by atoms with van der Waals surface area (Å²) in [7, 11) is -4.50. The third-order valence-electron chi connectivity index (χ3n) is 6.89. The van der Waals surface area contributed by atoms with E-state index < -0.39 is 39.2 Å². The summed E-state index contributed by atoms with van der Waals surface area (Å²) >= 11 is 0. The van der Waals surface area contributed by atoms with Crippen LogP contribution in [-0.2, 0) is 27.9 Å². The van der Waals surface area contributed by atoms with Gasteiger partial charge in [0.15, 0.2) is 0 Å². The summed E-state index contributed by atoms with van der Waals surface area (Å²) in [5.41, 5.74) is 0. The highest BCUT2D eigenvalue weighted by Crippen LogP contribution is 2.43. The second-order valence-electron chi connectivity index (χ2n) is 11.2. The van der Waals surface area contributed by atoms with Crippen LogP contribution in [-0.4, -0.2) is 66.3 Å². The first kappa shape index (κ1) is 41.9. The molecule has 43 heavy (non-hydrogen) atoms. The molecule has 0 radical (unpaired) electrons. The first-order chi connectivity index (χ1) is 20.8. The molecule has 9 nitrogen and oxygen atoms in total. The van der Waals surface area contributed by atoms with Gasteiger partial charge < -0.3 is 24.6 Å². The lowest BCUT2D eigenvalue weighted by atomic mass is 10.1. The Balaban J connectivity index is 4.23. The molecule has 0 heterocycles. The summed E-state index contributed by atoms with van der Waals surface area (Å²) in [6.07, 6.45) is 27.2. The first-order valence-corrected chi connectivity index (χ1v) is 18.3. The van der Waals surface area contributed by atoms with Gasteiger partial charge in [0.1, 0.15) is 12.2 Å². The maximum absolute atomic E-state index is 12.4. The van der Waals surface area contributed by atoms with E-state index >= 15 is 0 Å². The van der Waals surface area contributed by atoms with E-state index in [0.717, 1.165) is 51.4 Å². The van der Waals surface area contributed by atoms with Crippen LogP contribution in [0.3, 0.4) is 0 Å². The predicted molar refractivity (Wildman–Crippen MR) is 173 cm³/mol. The Kier molecular flexibility index (Phi) is 30.2. The van der Waals surface area contributed by atoms with E-state index in [1.165, 1.54) is 64.2 Å². The second kappa shape index (κ2) is 30.9. The van der Waals surface area contributed by atoms with E-state index in [0.29, 0.717) is 6.61 Å². The average Bonchev–Trinajstić information content (AvgIpc) is 2.99. The minimum atomic E-state index is -4.50. The monoisotopic (exact) mass is 634 g/mol. The molecule has 0 aromatic rings. The maximum atomic E-state index is 12.4. The van der Waals surface area contributed by atoms with Crippen LogP contribution >= 0.6 is 7.82 Å². The van der Waals surface area contributed by atoms with Crippen LogP contribution in [0.5, 0.6) is 0 Å². The van der Waals surface area contributed by atoms with Gasteiger partial charge in [0.05, 0.1) is 26.4 Å². The topological polar surface area (TPSA) is 132 Å². The molecule has 3 N–H and O–H groups in total. The lowest BCUT2D eigenvalue weighted by molar-refractivity contribution is -0.154. The molecular weight excluding hydrogens is 571 g/mol. The van der Waals surface area contributed by atoms with Crippen LogP contribution < -0.4 is 0 Å². The summed E-state index contributed by atoms with van der Waals surface area (Å²) < 4.78 is 33.0. The normalized spacial score (nSPS) is 14.8. The van der Waals surface area contributed by atoms with Crippen LogP contribution in [0.1, 0.15) is 136 Å². The van der Waals surface area contributed by atoms with Gasteiger partial charge in [-0.25, -0.2) is 4.57 Å². The Morgan fingerprint density at radius 2 is 1.28 bits per heavy atom. The number of hydrogen-bond acceptors (Lipinski definition) is 8. The molecule has 0 saturated carbocycles. The third-order valence-corrected chi connectivity index (χ3v) is 7.84. The number of phosphoric ester groups is 1. The molecule has 0 bridgehead atoms.